The molecule has 0 aliphatic heterocycles. The normalized spacial score (nSPS) is 11.7. The highest BCUT2D eigenvalue weighted by Gasteiger charge is 2.14. The van der Waals surface area contributed by atoms with Gasteiger partial charge in [0.05, 0.1) is 19.8 Å². The molecule has 0 fully saturated rings. The van der Waals surface area contributed by atoms with E-state index < -0.39 is 12.0 Å². The summed E-state index contributed by atoms with van der Waals surface area (Å²) >= 11 is 0. The minimum Gasteiger partial charge on any atom is -0.480 e. The van der Waals surface area contributed by atoms with Gasteiger partial charge in [0.2, 0.25) is 5.88 Å². The molecule has 0 aromatic carbocycles. The third kappa shape index (κ3) is 3.92. The van der Waals surface area contributed by atoms with Crippen LogP contribution in [-0.4, -0.2) is 40.3 Å². The summed E-state index contributed by atoms with van der Waals surface area (Å²) in [4.78, 5) is 27.5. The maximum Gasteiger partial charge on any atom is 0.256 e. The number of aliphatic hydroxyl groups excluding tert-OH is 1. The van der Waals surface area contributed by atoms with Crippen molar-refractivity contribution in [3.63, 3.8) is 0 Å². The smallest absolute Gasteiger partial charge is 0.256 e. The van der Waals surface area contributed by atoms with Crippen molar-refractivity contribution in [1.29, 1.82) is 0 Å². The van der Waals surface area contributed by atoms with Crippen LogP contribution >= 0.6 is 0 Å². The lowest BCUT2D eigenvalue weighted by Crippen LogP contribution is -2.36. The van der Waals surface area contributed by atoms with Crippen LogP contribution in [0.15, 0.2) is 47.5 Å². The Morgan fingerprint density at radius 2 is 2.23 bits per heavy atom. The van der Waals surface area contributed by atoms with Crippen molar-refractivity contribution in [2.24, 2.45) is 0 Å². The van der Waals surface area contributed by atoms with E-state index in [1.54, 1.807) is 30.5 Å². The van der Waals surface area contributed by atoms with Crippen LogP contribution in [0.3, 0.4) is 0 Å². The van der Waals surface area contributed by atoms with Gasteiger partial charge < -0.3 is 19.7 Å². The standard InChI is InChI=1S/C15H17N3O4/c1-22-15-12(5-4-7-16-15)14(21)17-9-11(19)10-18-8-3-2-6-13(18)20/h2-8,11,19H,9-10H2,1H3,(H,17,21). The number of ether oxygens (including phenoxy) is 1. The van der Waals surface area contributed by atoms with E-state index in [1.165, 1.54) is 23.9 Å². The van der Waals surface area contributed by atoms with Gasteiger partial charge in [0.15, 0.2) is 0 Å². The average Bonchev–Trinajstić information content (AvgIpc) is 2.54. The van der Waals surface area contributed by atoms with Gasteiger partial charge >= 0.3 is 0 Å². The second-order valence-corrected chi connectivity index (χ2v) is 4.62. The molecule has 7 nitrogen and oxygen atoms in total. The van der Waals surface area contributed by atoms with Crippen molar-refractivity contribution in [3.05, 3.63) is 58.6 Å². The number of methoxy groups -OCH3 is 1. The number of aromatic nitrogens is 2. The number of nitrogens with zero attached hydrogens (tertiary/aromatic N) is 2. The molecule has 1 unspecified atom stereocenters. The van der Waals surface area contributed by atoms with Crippen molar-refractivity contribution >= 4 is 5.91 Å². The minimum absolute atomic E-state index is 0.0121. The zero-order chi connectivity index (χ0) is 15.9. The Balaban J connectivity index is 1.93. The van der Waals surface area contributed by atoms with Gasteiger partial charge in [-0.05, 0) is 18.2 Å². The Labute approximate surface area is 127 Å². The van der Waals surface area contributed by atoms with Gasteiger partial charge in [0, 0.05) is 25.0 Å². The molecule has 0 radical (unpaired) electrons. The molecular weight excluding hydrogens is 286 g/mol. The van der Waals surface area contributed by atoms with E-state index in [4.69, 9.17) is 4.74 Å². The lowest BCUT2D eigenvalue weighted by molar-refractivity contribution is 0.0899. The molecule has 116 valence electrons. The summed E-state index contributed by atoms with van der Waals surface area (Å²) in [7, 11) is 1.43. The molecule has 1 atom stereocenters. The molecule has 2 aromatic heterocycles. The van der Waals surface area contributed by atoms with Gasteiger partial charge in [0.25, 0.3) is 11.5 Å². The van der Waals surface area contributed by atoms with E-state index in [9.17, 15) is 14.7 Å². The van der Waals surface area contributed by atoms with E-state index in [2.05, 4.69) is 10.3 Å². The van der Waals surface area contributed by atoms with Crippen molar-refractivity contribution in [3.8, 4) is 5.88 Å². The molecule has 2 aromatic rings. The number of carbonyl (C=O) groups is 1. The van der Waals surface area contributed by atoms with Gasteiger partial charge in [-0.1, -0.05) is 6.07 Å². The summed E-state index contributed by atoms with van der Waals surface area (Å²) in [6.45, 7) is 0.113. The number of amides is 1. The highest BCUT2D eigenvalue weighted by Crippen LogP contribution is 2.12. The topological polar surface area (TPSA) is 93.4 Å². The summed E-state index contributed by atoms with van der Waals surface area (Å²) in [5, 5.41) is 12.5. The fraction of sp³-hybridized carbons (Fsp3) is 0.267. The van der Waals surface area contributed by atoms with Crippen LogP contribution in [0.25, 0.3) is 0 Å². The largest absolute Gasteiger partial charge is 0.480 e. The van der Waals surface area contributed by atoms with Crippen molar-refractivity contribution < 1.29 is 14.6 Å². The summed E-state index contributed by atoms with van der Waals surface area (Å²) < 4.78 is 6.38. The average molecular weight is 303 g/mol. The van der Waals surface area contributed by atoms with Crippen LogP contribution in [0.5, 0.6) is 5.88 Å². The van der Waals surface area contributed by atoms with Crippen LogP contribution < -0.4 is 15.6 Å². The van der Waals surface area contributed by atoms with Crippen LogP contribution in [0, 0.1) is 0 Å². The molecule has 0 spiro atoms. The summed E-state index contributed by atoms with van der Waals surface area (Å²) in [6.07, 6.45) is 2.22. The Hall–Kier alpha value is -2.67. The van der Waals surface area contributed by atoms with Crippen molar-refractivity contribution in [1.82, 2.24) is 14.9 Å². The van der Waals surface area contributed by atoms with E-state index in [0.717, 1.165) is 0 Å². The molecule has 0 saturated heterocycles. The predicted octanol–water partition coefficient (Wildman–Crippen LogP) is 0.0428. The second kappa shape index (κ2) is 7.37. The first-order valence-corrected chi connectivity index (χ1v) is 6.72. The van der Waals surface area contributed by atoms with Gasteiger partial charge in [-0.15, -0.1) is 0 Å². The molecule has 0 aliphatic carbocycles. The Kier molecular flexibility index (Phi) is 5.26. The van der Waals surface area contributed by atoms with Crippen LogP contribution in [0.1, 0.15) is 10.4 Å². The third-order valence-corrected chi connectivity index (χ3v) is 3.01. The maximum absolute atomic E-state index is 12.0. The van der Waals surface area contributed by atoms with Crippen LogP contribution in [-0.2, 0) is 6.54 Å². The van der Waals surface area contributed by atoms with E-state index in [-0.39, 0.29) is 30.1 Å². The van der Waals surface area contributed by atoms with Crippen LogP contribution in [0.4, 0.5) is 0 Å². The lowest BCUT2D eigenvalue weighted by atomic mass is 10.2. The molecule has 2 heterocycles. The Bertz CT molecular complexity index is 699. The van der Waals surface area contributed by atoms with E-state index in [1.807, 2.05) is 0 Å². The fourth-order valence-electron chi connectivity index (χ4n) is 1.94. The van der Waals surface area contributed by atoms with Crippen LogP contribution in [0.2, 0.25) is 0 Å². The zero-order valence-electron chi connectivity index (χ0n) is 12.1. The molecule has 0 bridgehead atoms. The molecule has 2 N–H and O–H groups in total. The number of pyridine rings is 2. The first-order chi connectivity index (χ1) is 10.6. The summed E-state index contributed by atoms with van der Waals surface area (Å²) in [5.74, 6) is -0.182. The molecule has 0 aliphatic rings. The molecular formula is C15H17N3O4. The molecule has 7 heteroatoms. The molecule has 0 saturated carbocycles. The van der Waals surface area contributed by atoms with Crippen molar-refractivity contribution in [2.45, 2.75) is 12.6 Å². The summed E-state index contributed by atoms with van der Waals surface area (Å²) in [5.41, 5.74) is 0.0795. The highest BCUT2D eigenvalue weighted by atomic mass is 16.5. The minimum atomic E-state index is -0.883. The van der Waals surface area contributed by atoms with Gasteiger partial charge in [0.1, 0.15) is 5.56 Å². The molecule has 1 amide bonds. The lowest BCUT2D eigenvalue weighted by Gasteiger charge is -2.14. The highest BCUT2D eigenvalue weighted by molar-refractivity contribution is 5.96. The van der Waals surface area contributed by atoms with E-state index in [0.29, 0.717) is 0 Å². The number of rotatable bonds is 6. The first kappa shape index (κ1) is 15.7. The quantitative estimate of drug-likeness (QED) is 0.786. The number of hydrogen-bond acceptors (Lipinski definition) is 5. The van der Waals surface area contributed by atoms with Crippen molar-refractivity contribution in [2.75, 3.05) is 13.7 Å². The van der Waals surface area contributed by atoms with Gasteiger partial charge in [-0.3, -0.25) is 9.59 Å². The van der Waals surface area contributed by atoms with Gasteiger partial charge in [-0.2, -0.15) is 0 Å². The number of carbonyl (C=O) groups excluding carboxylic acids is 1. The number of aliphatic hydroxyl groups is 1. The molecule has 2 rings (SSSR count). The zero-order valence-corrected chi connectivity index (χ0v) is 12.1. The maximum atomic E-state index is 12.0. The Morgan fingerprint density at radius 1 is 1.41 bits per heavy atom. The first-order valence-electron chi connectivity index (χ1n) is 6.72. The predicted molar refractivity (Wildman–Crippen MR) is 79.8 cm³/mol. The van der Waals surface area contributed by atoms with E-state index >= 15 is 0 Å². The van der Waals surface area contributed by atoms with Gasteiger partial charge in [-0.25, -0.2) is 4.98 Å². The SMILES string of the molecule is COc1ncccc1C(=O)NCC(O)Cn1ccccc1=O. The summed E-state index contributed by atoms with van der Waals surface area (Å²) in [6, 6.07) is 7.94. The number of hydrogen-bond donors (Lipinski definition) is 2. The fourth-order valence-corrected chi connectivity index (χ4v) is 1.94. The Morgan fingerprint density at radius 3 is 2.95 bits per heavy atom. The molecule has 22 heavy (non-hydrogen) atoms. The second-order valence-electron chi connectivity index (χ2n) is 4.62. The third-order valence-electron chi connectivity index (χ3n) is 3.01. The number of nitrogens with one attached hydrogen (secondary N) is 1. The monoisotopic (exact) mass is 303 g/mol.